The number of thiazole rings is 1. The Hall–Kier alpha value is -1.86. The average molecular weight is 454 g/mol. The third kappa shape index (κ3) is 4.67. The van der Waals surface area contributed by atoms with Crippen molar-refractivity contribution in [3.05, 3.63) is 64.4 Å². The van der Waals surface area contributed by atoms with Crippen LogP contribution in [-0.2, 0) is 0 Å². The van der Waals surface area contributed by atoms with E-state index in [1.165, 1.54) is 16.9 Å². The molecule has 1 aliphatic rings. The summed E-state index contributed by atoms with van der Waals surface area (Å²) in [4.78, 5) is 20.3. The Balaban J connectivity index is 0.00000150. The normalized spacial score (nSPS) is 18.2. The van der Waals surface area contributed by atoms with Crippen molar-refractivity contribution in [3.8, 4) is 10.8 Å². The zero-order valence-electron chi connectivity index (χ0n) is 16.3. The average Bonchev–Trinajstić information content (AvgIpc) is 3.39. The van der Waals surface area contributed by atoms with Gasteiger partial charge in [-0.15, -0.1) is 36.2 Å². The molecule has 8 heteroatoms. The van der Waals surface area contributed by atoms with Gasteiger partial charge in [0, 0.05) is 19.0 Å². The number of furan rings is 1. The summed E-state index contributed by atoms with van der Waals surface area (Å²) >= 11 is 1.40. The molecular formula is C21H25Cl2N3O2S. The predicted octanol–water partition coefficient (Wildman–Crippen LogP) is 4.68. The van der Waals surface area contributed by atoms with Gasteiger partial charge in [0.25, 0.3) is 5.91 Å². The molecule has 156 valence electrons. The molecule has 0 radical (unpaired) electrons. The molecule has 0 aliphatic carbocycles. The maximum Gasteiger partial charge on any atom is 0.265 e. The van der Waals surface area contributed by atoms with Gasteiger partial charge in [-0.3, -0.25) is 4.79 Å². The van der Waals surface area contributed by atoms with Crippen LogP contribution in [0.3, 0.4) is 0 Å². The molecule has 2 aromatic heterocycles. The molecule has 0 saturated carbocycles. The Morgan fingerprint density at radius 2 is 1.90 bits per heavy atom. The van der Waals surface area contributed by atoms with Gasteiger partial charge in [-0.2, -0.15) is 0 Å². The highest BCUT2D eigenvalue weighted by molar-refractivity contribution is 7.17. The van der Waals surface area contributed by atoms with E-state index >= 15 is 0 Å². The highest BCUT2D eigenvalue weighted by atomic mass is 35.5. The highest BCUT2D eigenvalue weighted by Crippen LogP contribution is 2.35. The van der Waals surface area contributed by atoms with Crippen LogP contribution in [0.1, 0.15) is 32.6 Å². The van der Waals surface area contributed by atoms with Gasteiger partial charge in [0.05, 0.1) is 5.69 Å². The standard InChI is InChI=1S/C21H23N3O2S.2ClH/c1-13-8-9-18(26-13)20-23-14(2)19(27-20)21(25)24-11-16(10-22)17(12-24)15-6-4-3-5-7-15;;/h3-9,16-17H,10-12,22H2,1-2H3;2*1H/t16-,17+;;/m1../s1. The van der Waals surface area contributed by atoms with E-state index < -0.39 is 0 Å². The first-order chi connectivity index (χ1) is 13.1. The molecule has 3 heterocycles. The minimum absolute atomic E-state index is 0. The molecular weight excluding hydrogens is 429 g/mol. The van der Waals surface area contributed by atoms with Crippen molar-refractivity contribution in [2.75, 3.05) is 19.6 Å². The Labute approximate surface area is 187 Å². The summed E-state index contributed by atoms with van der Waals surface area (Å²) in [6.07, 6.45) is 0. The van der Waals surface area contributed by atoms with E-state index in [9.17, 15) is 4.79 Å². The smallest absolute Gasteiger partial charge is 0.265 e. The molecule has 0 bridgehead atoms. The summed E-state index contributed by atoms with van der Waals surface area (Å²) < 4.78 is 5.66. The van der Waals surface area contributed by atoms with Crippen LogP contribution in [0.25, 0.3) is 10.8 Å². The van der Waals surface area contributed by atoms with Crippen LogP contribution in [0, 0.1) is 19.8 Å². The minimum atomic E-state index is 0. The molecule has 4 rings (SSSR count). The quantitative estimate of drug-likeness (QED) is 0.622. The number of nitrogens with two attached hydrogens (primary N) is 1. The second-order valence-electron chi connectivity index (χ2n) is 7.07. The summed E-state index contributed by atoms with van der Waals surface area (Å²) in [5.74, 6) is 2.14. The number of hydrogen-bond acceptors (Lipinski definition) is 5. The van der Waals surface area contributed by atoms with E-state index in [1.54, 1.807) is 0 Å². The molecule has 29 heavy (non-hydrogen) atoms. The molecule has 1 amide bonds. The number of halogens is 2. The van der Waals surface area contributed by atoms with E-state index in [1.807, 2.05) is 49.1 Å². The first-order valence-electron chi connectivity index (χ1n) is 9.15. The maximum atomic E-state index is 13.2. The first kappa shape index (κ1) is 23.4. The summed E-state index contributed by atoms with van der Waals surface area (Å²) in [7, 11) is 0. The van der Waals surface area contributed by atoms with Crippen molar-refractivity contribution < 1.29 is 9.21 Å². The van der Waals surface area contributed by atoms with Crippen LogP contribution in [0.5, 0.6) is 0 Å². The summed E-state index contributed by atoms with van der Waals surface area (Å²) in [6.45, 7) is 5.73. The second-order valence-corrected chi connectivity index (χ2v) is 8.07. The van der Waals surface area contributed by atoms with E-state index in [0.29, 0.717) is 30.3 Å². The van der Waals surface area contributed by atoms with Crippen molar-refractivity contribution in [2.24, 2.45) is 11.7 Å². The van der Waals surface area contributed by atoms with Crippen molar-refractivity contribution in [3.63, 3.8) is 0 Å². The predicted molar refractivity (Wildman–Crippen MR) is 121 cm³/mol. The number of likely N-dealkylation sites (tertiary alicyclic amines) is 1. The van der Waals surface area contributed by atoms with Gasteiger partial charge in [-0.25, -0.2) is 4.98 Å². The SMILES string of the molecule is Cc1ccc(-c2nc(C)c(C(=O)N3C[C@@H](CN)[C@H](c4ccccc4)C3)s2)o1.Cl.Cl. The molecule has 0 spiro atoms. The Bertz CT molecular complexity index is 958. The Morgan fingerprint density at radius 1 is 1.17 bits per heavy atom. The Morgan fingerprint density at radius 3 is 2.52 bits per heavy atom. The van der Waals surface area contributed by atoms with Crippen molar-refractivity contribution in [2.45, 2.75) is 19.8 Å². The molecule has 2 N–H and O–H groups in total. The van der Waals surface area contributed by atoms with E-state index in [-0.39, 0.29) is 42.6 Å². The van der Waals surface area contributed by atoms with Crippen LogP contribution in [-0.4, -0.2) is 35.4 Å². The lowest BCUT2D eigenvalue weighted by Gasteiger charge is -2.16. The third-order valence-electron chi connectivity index (χ3n) is 5.20. The fraction of sp³-hybridized carbons (Fsp3) is 0.333. The minimum Gasteiger partial charge on any atom is -0.459 e. The van der Waals surface area contributed by atoms with Crippen molar-refractivity contribution in [1.29, 1.82) is 0 Å². The van der Waals surface area contributed by atoms with Crippen molar-refractivity contribution in [1.82, 2.24) is 9.88 Å². The fourth-order valence-electron chi connectivity index (χ4n) is 3.75. The van der Waals surface area contributed by atoms with E-state index in [4.69, 9.17) is 10.2 Å². The van der Waals surface area contributed by atoms with Crippen molar-refractivity contribution >= 4 is 42.1 Å². The number of carbonyl (C=O) groups is 1. The van der Waals surface area contributed by atoms with Crippen LogP contribution in [0.4, 0.5) is 0 Å². The topological polar surface area (TPSA) is 72.4 Å². The molecule has 1 aromatic carbocycles. The monoisotopic (exact) mass is 453 g/mol. The van der Waals surface area contributed by atoms with Gasteiger partial charge in [0.2, 0.25) is 0 Å². The van der Waals surface area contributed by atoms with Crippen LogP contribution in [0.15, 0.2) is 46.9 Å². The molecule has 3 aromatic rings. The second kappa shape index (κ2) is 9.76. The summed E-state index contributed by atoms with van der Waals surface area (Å²) in [5, 5.41) is 0.748. The van der Waals surface area contributed by atoms with Gasteiger partial charge in [-0.05, 0) is 44.0 Å². The number of hydrogen-bond donors (Lipinski definition) is 1. The Kier molecular flexibility index (Phi) is 7.88. The van der Waals surface area contributed by atoms with Crippen LogP contribution in [0.2, 0.25) is 0 Å². The molecule has 1 fully saturated rings. The number of aryl methyl sites for hydroxylation is 2. The maximum absolute atomic E-state index is 13.2. The lowest BCUT2D eigenvalue weighted by molar-refractivity contribution is 0.0790. The van der Waals surface area contributed by atoms with Gasteiger partial charge in [0.1, 0.15) is 10.6 Å². The number of amides is 1. The molecule has 2 atom stereocenters. The van der Waals surface area contributed by atoms with Crippen LogP contribution < -0.4 is 5.73 Å². The zero-order chi connectivity index (χ0) is 19.0. The van der Waals surface area contributed by atoms with Gasteiger partial charge < -0.3 is 15.1 Å². The molecule has 5 nitrogen and oxygen atoms in total. The van der Waals surface area contributed by atoms with Gasteiger partial charge in [0.15, 0.2) is 10.8 Å². The number of carbonyl (C=O) groups excluding carboxylic acids is 1. The molecule has 1 saturated heterocycles. The zero-order valence-corrected chi connectivity index (χ0v) is 18.8. The van der Waals surface area contributed by atoms with E-state index in [2.05, 4.69) is 17.1 Å². The summed E-state index contributed by atoms with van der Waals surface area (Å²) in [6, 6.07) is 14.1. The third-order valence-corrected chi connectivity index (χ3v) is 6.36. The first-order valence-corrected chi connectivity index (χ1v) is 9.97. The number of nitrogens with zero attached hydrogens (tertiary/aromatic N) is 2. The van der Waals surface area contributed by atoms with Gasteiger partial charge >= 0.3 is 0 Å². The van der Waals surface area contributed by atoms with Gasteiger partial charge in [-0.1, -0.05) is 30.3 Å². The van der Waals surface area contributed by atoms with E-state index in [0.717, 1.165) is 16.5 Å². The number of rotatable bonds is 4. The summed E-state index contributed by atoms with van der Waals surface area (Å²) in [5.41, 5.74) is 8.01. The lowest BCUT2D eigenvalue weighted by Crippen LogP contribution is -2.29. The van der Waals surface area contributed by atoms with Crippen LogP contribution >= 0.6 is 36.2 Å². The largest absolute Gasteiger partial charge is 0.459 e. The lowest BCUT2D eigenvalue weighted by atomic mass is 9.89. The molecule has 1 aliphatic heterocycles. The fourth-order valence-corrected chi connectivity index (χ4v) is 4.74. The highest BCUT2D eigenvalue weighted by Gasteiger charge is 2.36. The molecule has 0 unspecified atom stereocenters. The number of aromatic nitrogens is 1. The number of benzene rings is 1.